The molecule has 4 amide bonds. The monoisotopic (exact) mass is 366 g/mol. The quantitative estimate of drug-likeness (QED) is 0.775. The maximum absolute atomic E-state index is 13.0. The molecule has 4 N–H and O–H groups in total. The number of rotatable bonds is 4. The minimum atomic E-state index is -0.944. The Morgan fingerprint density at radius 3 is 2.33 bits per heavy atom. The molecule has 27 heavy (non-hydrogen) atoms. The lowest BCUT2D eigenvalue weighted by atomic mass is 9.96. The number of likely N-dealkylation sites (tertiary alicyclic amines) is 1. The number of carbonyl (C=O) groups is 3. The van der Waals surface area contributed by atoms with Crippen molar-refractivity contribution in [3.63, 3.8) is 0 Å². The van der Waals surface area contributed by atoms with Crippen LogP contribution in [0, 0.1) is 0 Å². The van der Waals surface area contributed by atoms with E-state index >= 15 is 0 Å². The molecule has 1 aliphatic rings. The molecule has 1 saturated heterocycles. The molecule has 1 fully saturated rings. The van der Waals surface area contributed by atoms with Crippen LogP contribution in [-0.2, 0) is 4.79 Å². The molecule has 1 heterocycles. The minimum Gasteiger partial charge on any atom is -0.351 e. The van der Waals surface area contributed by atoms with Gasteiger partial charge in [0.1, 0.15) is 5.54 Å². The van der Waals surface area contributed by atoms with Crippen molar-refractivity contribution >= 4 is 29.2 Å². The van der Waals surface area contributed by atoms with E-state index in [9.17, 15) is 14.4 Å². The summed E-state index contributed by atoms with van der Waals surface area (Å²) in [6.45, 7) is 2.31. The summed E-state index contributed by atoms with van der Waals surface area (Å²) in [7, 11) is 0. The molecule has 0 radical (unpaired) electrons. The summed E-state index contributed by atoms with van der Waals surface area (Å²) >= 11 is 0. The van der Waals surface area contributed by atoms with Crippen molar-refractivity contribution in [3.8, 4) is 0 Å². The zero-order valence-corrected chi connectivity index (χ0v) is 15.1. The number of nitrogens with zero attached hydrogens (tertiary/aromatic N) is 1. The average Bonchev–Trinajstić information content (AvgIpc) is 3.04. The zero-order chi connectivity index (χ0) is 19.4. The van der Waals surface area contributed by atoms with E-state index in [-0.39, 0.29) is 11.8 Å². The Hall–Kier alpha value is -3.35. The first-order chi connectivity index (χ1) is 12.9. The second-order valence-corrected chi connectivity index (χ2v) is 6.72. The van der Waals surface area contributed by atoms with E-state index in [1.54, 1.807) is 60.4 Å². The molecule has 1 unspecified atom stereocenters. The highest BCUT2D eigenvalue weighted by Crippen LogP contribution is 2.32. The van der Waals surface area contributed by atoms with Gasteiger partial charge in [-0.15, -0.1) is 0 Å². The van der Waals surface area contributed by atoms with Gasteiger partial charge in [-0.05, 0) is 50.1 Å². The van der Waals surface area contributed by atoms with E-state index in [4.69, 9.17) is 5.73 Å². The highest BCUT2D eigenvalue weighted by Gasteiger charge is 2.45. The lowest BCUT2D eigenvalue weighted by molar-refractivity contribution is -0.124. The smallest absolute Gasteiger partial charge is 0.316 e. The van der Waals surface area contributed by atoms with E-state index in [0.717, 1.165) is 6.42 Å². The molecule has 0 aliphatic carbocycles. The molecule has 3 rings (SSSR count). The first kappa shape index (κ1) is 18.4. The highest BCUT2D eigenvalue weighted by molar-refractivity contribution is 6.04. The van der Waals surface area contributed by atoms with Crippen molar-refractivity contribution in [2.24, 2.45) is 5.73 Å². The van der Waals surface area contributed by atoms with E-state index in [1.807, 2.05) is 6.07 Å². The van der Waals surface area contributed by atoms with Crippen LogP contribution in [0.15, 0.2) is 54.6 Å². The number of nitrogens with two attached hydrogens (primary N) is 1. The van der Waals surface area contributed by atoms with Gasteiger partial charge in [0.05, 0.1) is 0 Å². The Morgan fingerprint density at radius 1 is 1.00 bits per heavy atom. The Morgan fingerprint density at radius 2 is 1.67 bits per heavy atom. The normalized spacial score (nSPS) is 18.8. The molecule has 7 heteroatoms. The molecular formula is C20H22N4O3. The summed E-state index contributed by atoms with van der Waals surface area (Å²) in [6, 6.07) is 15.0. The van der Waals surface area contributed by atoms with E-state index in [1.165, 1.54) is 0 Å². The number of amides is 4. The summed E-state index contributed by atoms with van der Waals surface area (Å²) in [6.07, 6.45) is 1.34. The van der Waals surface area contributed by atoms with Crippen molar-refractivity contribution in [1.29, 1.82) is 0 Å². The predicted molar refractivity (Wildman–Crippen MR) is 103 cm³/mol. The van der Waals surface area contributed by atoms with E-state index in [2.05, 4.69) is 10.6 Å². The molecule has 2 aromatic rings. The topological polar surface area (TPSA) is 105 Å². The van der Waals surface area contributed by atoms with Gasteiger partial charge < -0.3 is 21.3 Å². The van der Waals surface area contributed by atoms with Crippen LogP contribution in [0.2, 0.25) is 0 Å². The molecule has 7 nitrogen and oxygen atoms in total. The Labute approximate surface area is 157 Å². The Kier molecular flexibility index (Phi) is 5.12. The standard InChI is InChI=1S/C20H22N4O3/c1-20(11-6-12-24(20)17(25)14-7-3-2-4-8-14)18(26)22-15-9-5-10-16(13-15)23-19(21)27/h2-5,7-10,13H,6,11-12H2,1H3,(H,22,26)(H3,21,23,27). The summed E-state index contributed by atoms with van der Waals surface area (Å²) in [4.78, 5) is 38.5. The van der Waals surface area contributed by atoms with Crippen molar-refractivity contribution in [2.75, 3.05) is 17.2 Å². The number of primary amides is 1. The number of carbonyl (C=O) groups excluding carboxylic acids is 3. The molecule has 0 saturated carbocycles. The van der Waals surface area contributed by atoms with E-state index < -0.39 is 11.6 Å². The van der Waals surface area contributed by atoms with Gasteiger partial charge in [-0.2, -0.15) is 0 Å². The largest absolute Gasteiger partial charge is 0.351 e. The number of urea groups is 1. The number of benzene rings is 2. The van der Waals surface area contributed by atoms with Crippen LogP contribution >= 0.6 is 0 Å². The summed E-state index contributed by atoms with van der Waals surface area (Å²) in [5.74, 6) is -0.421. The number of anilines is 2. The average molecular weight is 366 g/mol. The molecule has 140 valence electrons. The van der Waals surface area contributed by atoms with Crippen LogP contribution in [0.5, 0.6) is 0 Å². The van der Waals surface area contributed by atoms with Gasteiger partial charge in [-0.3, -0.25) is 9.59 Å². The Bertz CT molecular complexity index is 869. The molecule has 1 atom stereocenters. The molecule has 2 aromatic carbocycles. The number of nitrogens with one attached hydrogen (secondary N) is 2. The van der Waals surface area contributed by atoms with Crippen molar-refractivity contribution < 1.29 is 14.4 Å². The minimum absolute atomic E-state index is 0.158. The molecular weight excluding hydrogens is 344 g/mol. The van der Waals surface area contributed by atoms with Gasteiger partial charge in [0.2, 0.25) is 5.91 Å². The molecule has 1 aliphatic heterocycles. The maximum Gasteiger partial charge on any atom is 0.316 e. The van der Waals surface area contributed by atoms with Crippen LogP contribution < -0.4 is 16.4 Å². The lowest BCUT2D eigenvalue weighted by Crippen LogP contribution is -2.53. The van der Waals surface area contributed by atoms with Gasteiger partial charge in [-0.1, -0.05) is 24.3 Å². The summed E-state index contributed by atoms with van der Waals surface area (Å²) in [5, 5.41) is 5.32. The van der Waals surface area contributed by atoms with Crippen molar-refractivity contribution in [1.82, 2.24) is 4.90 Å². The summed E-state index contributed by atoms with van der Waals surface area (Å²) in [5.41, 5.74) is 5.74. The second-order valence-electron chi connectivity index (χ2n) is 6.72. The SMILES string of the molecule is CC1(C(=O)Nc2cccc(NC(N)=O)c2)CCCN1C(=O)c1ccccc1. The zero-order valence-electron chi connectivity index (χ0n) is 15.1. The molecule has 0 spiro atoms. The third-order valence-corrected chi connectivity index (χ3v) is 4.78. The third kappa shape index (κ3) is 3.92. The third-order valence-electron chi connectivity index (χ3n) is 4.78. The van der Waals surface area contributed by atoms with Crippen LogP contribution in [0.25, 0.3) is 0 Å². The van der Waals surface area contributed by atoms with Gasteiger partial charge in [0.25, 0.3) is 5.91 Å². The predicted octanol–water partition coefficient (Wildman–Crippen LogP) is 2.81. The second kappa shape index (κ2) is 7.49. The molecule has 0 aromatic heterocycles. The van der Waals surface area contributed by atoms with Gasteiger partial charge in [0.15, 0.2) is 0 Å². The van der Waals surface area contributed by atoms with Gasteiger partial charge in [-0.25, -0.2) is 4.79 Å². The van der Waals surface area contributed by atoms with Gasteiger partial charge in [0, 0.05) is 23.5 Å². The first-order valence-corrected chi connectivity index (χ1v) is 8.75. The highest BCUT2D eigenvalue weighted by atomic mass is 16.2. The number of hydrogen-bond donors (Lipinski definition) is 3. The molecule has 0 bridgehead atoms. The van der Waals surface area contributed by atoms with Gasteiger partial charge >= 0.3 is 6.03 Å². The van der Waals surface area contributed by atoms with Crippen LogP contribution in [0.4, 0.5) is 16.2 Å². The van der Waals surface area contributed by atoms with Crippen molar-refractivity contribution in [3.05, 3.63) is 60.2 Å². The van der Waals surface area contributed by atoms with E-state index in [0.29, 0.717) is 29.9 Å². The lowest BCUT2D eigenvalue weighted by Gasteiger charge is -2.34. The first-order valence-electron chi connectivity index (χ1n) is 8.75. The maximum atomic E-state index is 13.0. The van der Waals surface area contributed by atoms with Crippen LogP contribution in [0.3, 0.4) is 0 Å². The van der Waals surface area contributed by atoms with Crippen LogP contribution in [-0.4, -0.2) is 34.8 Å². The number of hydrogen-bond acceptors (Lipinski definition) is 3. The summed E-state index contributed by atoms with van der Waals surface area (Å²) < 4.78 is 0. The van der Waals surface area contributed by atoms with Crippen LogP contribution in [0.1, 0.15) is 30.1 Å². The Balaban J connectivity index is 1.78. The fraction of sp³-hybridized carbons (Fsp3) is 0.250. The fourth-order valence-electron chi connectivity index (χ4n) is 3.34. The van der Waals surface area contributed by atoms with Crippen molar-refractivity contribution in [2.45, 2.75) is 25.3 Å². The fourth-order valence-corrected chi connectivity index (χ4v) is 3.34.